The molecule has 1 atom stereocenters. The highest BCUT2D eigenvalue weighted by atomic mass is 16.5. The molecule has 22 heavy (non-hydrogen) atoms. The van der Waals surface area contributed by atoms with Crippen LogP contribution < -0.4 is 0 Å². The fourth-order valence-corrected chi connectivity index (χ4v) is 2.74. The summed E-state index contributed by atoms with van der Waals surface area (Å²) in [4.78, 5) is 1.98. The van der Waals surface area contributed by atoms with Gasteiger partial charge in [0.2, 0.25) is 0 Å². The molecule has 0 saturated carbocycles. The Labute approximate surface area is 139 Å². The lowest BCUT2D eigenvalue weighted by molar-refractivity contribution is 0.0229. The third-order valence-electron chi connectivity index (χ3n) is 4.03. The molecule has 0 aromatic heterocycles. The number of rotatable bonds is 17. The van der Waals surface area contributed by atoms with Crippen molar-refractivity contribution in [1.29, 1.82) is 0 Å². The molecule has 0 aromatic carbocycles. The Morgan fingerprint density at radius 2 is 1.23 bits per heavy atom. The Kier molecular flexibility index (Phi) is 17.1. The molecule has 0 saturated heterocycles. The van der Waals surface area contributed by atoms with Gasteiger partial charge in [-0.15, -0.1) is 0 Å². The fraction of sp³-hybridized carbons (Fsp3) is 1.00. The van der Waals surface area contributed by atoms with E-state index in [-0.39, 0.29) is 6.10 Å². The van der Waals surface area contributed by atoms with Crippen LogP contribution in [0, 0.1) is 0 Å². The summed E-state index contributed by atoms with van der Waals surface area (Å²) >= 11 is 0. The van der Waals surface area contributed by atoms with Crippen molar-refractivity contribution in [3.8, 4) is 0 Å². The zero-order valence-electron chi connectivity index (χ0n) is 15.5. The van der Waals surface area contributed by atoms with Gasteiger partial charge in [0, 0.05) is 13.2 Å². The second kappa shape index (κ2) is 17.2. The van der Waals surface area contributed by atoms with Crippen LogP contribution in [0.4, 0.5) is 0 Å². The molecule has 1 N–H and O–H groups in total. The maximum absolute atomic E-state index is 9.64. The first-order chi connectivity index (χ1) is 10.7. The predicted molar refractivity (Wildman–Crippen MR) is 96.5 cm³/mol. The van der Waals surface area contributed by atoms with Crippen molar-refractivity contribution in [3.63, 3.8) is 0 Å². The van der Waals surface area contributed by atoms with Crippen molar-refractivity contribution >= 4 is 0 Å². The van der Waals surface area contributed by atoms with Gasteiger partial charge in [0.05, 0.1) is 12.7 Å². The number of nitrogens with zero attached hydrogens (tertiary/aromatic N) is 1. The van der Waals surface area contributed by atoms with Gasteiger partial charge in [-0.3, -0.25) is 0 Å². The molecule has 0 rings (SSSR count). The SMILES string of the molecule is CCCCCCCCCCCCCCOCC(O)CN(C)C. The molecule has 0 aromatic rings. The summed E-state index contributed by atoms with van der Waals surface area (Å²) in [6.45, 7) is 4.22. The Morgan fingerprint density at radius 3 is 1.68 bits per heavy atom. The van der Waals surface area contributed by atoms with Crippen LogP contribution in [0.2, 0.25) is 0 Å². The molecule has 134 valence electrons. The van der Waals surface area contributed by atoms with Gasteiger partial charge in [-0.25, -0.2) is 0 Å². The largest absolute Gasteiger partial charge is 0.389 e. The Bertz CT molecular complexity index is 210. The van der Waals surface area contributed by atoms with Gasteiger partial charge in [0.15, 0.2) is 0 Å². The smallest absolute Gasteiger partial charge is 0.0899 e. The summed E-state index contributed by atoms with van der Waals surface area (Å²) in [7, 11) is 3.93. The van der Waals surface area contributed by atoms with E-state index in [1.807, 2.05) is 19.0 Å². The van der Waals surface area contributed by atoms with E-state index in [2.05, 4.69) is 6.92 Å². The molecule has 0 radical (unpaired) electrons. The quantitative estimate of drug-likeness (QED) is 0.397. The average molecular weight is 316 g/mol. The number of aliphatic hydroxyl groups excluding tert-OH is 1. The minimum atomic E-state index is -0.354. The van der Waals surface area contributed by atoms with Crippen molar-refractivity contribution in [2.45, 2.75) is 90.1 Å². The topological polar surface area (TPSA) is 32.7 Å². The minimum Gasteiger partial charge on any atom is -0.389 e. The fourth-order valence-electron chi connectivity index (χ4n) is 2.74. The molecular formula is C19H41NO2. The molecule has 0 heterocycles. The van der Waals surface area contributed by atoms with Crippen LogP contribution >= 0.6 is 0 Å². The molecule has 0 spiro atoms. The molecule has 1 unspecified atom stereocenters. The molecule has 0 aliphatic rings. The number of likely N-dealkylation sites (N-methyl/N-ethyl adjacent to an activating group) is 1. The Morgan fingerprint density at radius 1 is 0.773 bits per heavy atom. The highest BCUT2D eigenvalue weighted by Crippen LogP contribution is 2.11. The predicted octanol–water partition coefficient (Wildman–Crippen LogP) is 4.63. The molecule has 3 nitrogen and oxygen atoms in total. The van der Waals surface area contributed by atoms with Crippen LogP contribution in [0.15, 0.2) is 0 Å². The highest BCUT2D eigenvalue weighted by molar-refractivity contribution is 4.57. The van der Waals surface area contributed by atoms with E-state index in [1.165, 1.54) is 70.6 Å². The maximum Gasteiger partial charge on any atom is 0.0899 e. The van der Waals surface area contributed by atoms with Crippen LogP contribution in [0.3, 0.4) is 0 Å². The van der Waals surface area contributed by atoms with Crippen LogP contribution in [-0.4, -0.2) is 50.0 Å². The third-order valence-corrected chi connectivity index (χ3v) is 4.03. The maximum atomic E-state index is 9.64. The van der Waals surface area contributed by atoms with Crippen molar-refractivity contribution in [2.24, 2.45) is 0 Å². The van der Waals surface area contributed by atoms with Crippen molar-refractivity contribution in [1.82, 2.24) is 4.90 Å². The third kappa shape index (κ3) is 17.9. The molecule has 0 bridgehead atoms. The zero-order valence-corrected chi connectivity index (χ0v) is 15.5. The number of hydrogen-bond acceptors (Lipinski definition) is 3. The Balaban J connectivity index is 3.05. The van der Waals surface area contributed by atoms with E-state index < -0.39 is 0 Å². The number of unbranched alkanes of at least 4 members (excludes halogenated alkanes) is 11. The standard InChI is InChI=1S/C19H41NO2/c1-4-5-6-7-8-9-10-11-12-13-14-15-16-22-18-19(21)17-20(2)3/h19,21H,4-18H2,1-3H3. The molecule has 0 amide bonds. The zero-order chi connectivity index (χ0) is 16.5. The first-order valence-electron chi connectivity index (χ1n) is 9.57. The van der Waals surface area contributed by atoms with Gasteiger partial charge in [-0.2, -0.15) is 0 Å². The second-order valence-corrected chi connectivity index (χ2v) is 6.88. The van der Waals surface area contributed by atoms with E-state index in [0.717, 1.165) is 13.0 Å². The van der Waals surface area contributed by atoms with Crippen LogP contribution in [-0.2, 0) is 4.74 Å². The van der Waals surface area contributed by atoms with Crippen molar-refractivity contribution in [3.05, 3.63) is 0 Å². The van der Waals surface area contributed by atoms with E-state index >= 15 is 0 Å². The van der Waals surface area contributed by atoms with E-state index in [1.54, 1.807) is 0 Å². The summed E-state index contributed by atoms with van der Waals surface area (Å²) in [5.74, 6) is 0. The molecule has 0 fully saturated rings. The Hall–Kier alpha value is -0.120. The lowest BCUT2D eigenvalue weighted by Crippen LogP contribution is -2.29. The highest BCUT2D eigenvalue weighted by Gasteiger charge is 2.04. The van der Waals surface area contributed by atoms with E-state index in [0.29, 0.717) is 13.2 Å². The normalized spacial score (nSPS) is 13.0. The second-order valence-electron chi connectivity index (χ2n) is 6.88. The number of aliphatic hydroxyl groups is 1. The minimum absolute atomic E-state index is 0.354. The first-order valence-corrected chi connectivity index (χ1v) is 9.57. The lowest BCUT2D eigenvalue weighted by atomic mass is 10.1. The lowest BCUT2D eigenvalue weighted by Gasteiger charge is -2.15. The van der Waals surface area contributed by atoms with Gasteiger partial charge >= 0.3 is 0 Å². The average Bonchev–Trinajstić information content (AvgIpc) is 2.47. The van der Waals surface area contributed by atoms with Crippen LogP contribution in [0.1, 0.15) is 84.0 Å². The first kappa shape index (κ1) is 21.9. The summed E-state index contributed by atoms with van der Waals surface area (Å²) in [5, 5.41) is 9.64. The molecular weight excluding hydrogens is 274 g/mol. The van der Waals surface area contributed by atoms with Gasteiger partial charge in [-0.05, 0) is 20.5 Å². The molecule has 0 aliphatic carbocycles. The van der Waals surface area contributed by atoms with Crippen LogP contribution in [0.25, 0.3) is 0 Å². The molecule has 0 aliphatic heterocycles. The summed E-state index contributed by atoms with van der Waals surface area (Å²) in [5.41, 5.74) is 0. The number of ether oxygens (including phenoxy) is 1. The van der Waals surface area contributed by atoms with Gasteiger partial charge in [-0.1, -0.05) is 77.6 Å². The van der Waals surface area contributed by atoms with E-state index in [4.69, 9.17) is 4.74 Å². The summed E-state index contributed by atoms with van der Waals surface area (Å²) in [6, 6.07) is 0. The van der Waals surface area contributed by atoms with Crippen LogP contribution in [0.5, 0.6) is 0 Å². The number of hydrogen-bond donors (Lipinski definition) is 1. The van der Waals surface area contributed by atoms with Gasteiger partial charge in [0.25, 0.3) is 0 Å². The van der Waals surface area contributed by atoms with Crippen molar-refractivity contribution in [2.75, 3.05) is 33.9 Å². The van der Waals surface area contributed by atoms with Crippen molar-refractivity contribution < 1.29 is 9.84 Å². The monoisotopic (exact) mass is 315 g/mol. The summed E-state index contributed by atoms with van der Waals surface area (Å²) in [6.07, 6.45) is 16.0. The summed E-state index contributed by atoms with van der Waals surface area (Å²) < 4.78 is 5.51. The van der Waals surface area contributed by atoms with Gasteiger partial charge < -0.3 is 14.7 Å². The molecule has 3 heteroatoms. The van der Waals surface area contributed by atoms with E-state index in [9.17, 15) is 5.11 Å². The van der Waals surface area contributed by atoms with Gasteiger partial charge in [0.1, 0.15) is 0 Å².